The van der Waals surface area contributed by atoms with Gasteiger partial charge in [-0.05, 0) is 20.2 Å². The second-order valence-corrected chi connectivity index (χ2v) is 3.39. The molecule has 0 aliphatic rings. The van der Waals surface area contributed by atoms with Crippen molar-refractivity contribution in [1.29, 1.82) is 0 Å². The van der Waals surface area contributed by atoms with E-state index < -0.39 is 0 Å². The van der Waals surface area contributed by atoms with Crippen LogP contribution >= 0.6 is 0 Å². The zero-order chi connectivity index (χ0) is 10.4. The van der Waals surface area contributed by atoms with Crippen molar-refractivity contribution in [3.05, 3.63) is 48.0 Å². The van der Waals surface area contributed by atoms with Gasteiger partial charge >= 0.3 is 0 Å². The summed E-state index contributed by atoms with van der Waals surface area (Å²) in [7, 11) is 3.94. The first-order chi connectivity index (χ1) is 6.70. The number of ketones is 1. The van der Waals surface area contributed by atoms with Crippen molar-refractivity contribution in [2.45, 2.75) is 0 Å². The molecule has 0 N–H and O–H groups in total. The minimum absolute atomic E-state index is 0.0625. The molecule has 0 aromatic heterocycles. The molecule has 0 saturated heterocycles. The maximum Gasteiger partial charge on any atom is 0.185 e. The molecule has 1 aromatic rings. The van der Waals surface area contributed by atoms with Crippen LogP contribution in [0.2, 0.25) is 0 Å². The molecule has 0 aliphatic carbocycles. The summed E-state index contributed by atoms with van der Waals surface area (Å²) in [6, 6.07) is 9.28. The SMILES string of the molecule is CN(C)CC=CC(=O)c1ccccc1. The standard InChI is InChI=1S/C12H15NO/c1-13(2)10-6-9-12(14)11-7-4-3-5-8-11/h3-9H,10H2,1-2H3. The number of hydrogen-bond acceptors (Lipinski definition) is 2. The van der Waals surface area contributed by atoms with Gasteiger partial charge < -0.3 is 4.90 Å². The van der Waals surface area contributed by atoms with Crippen molar-refractivity contribution in [2.75, 3.05) is 20.6 Å². The summed E-state index contributed by atoms with van der Waals surface area (Å²) in [5.74, 6) is 0.0625. The molecule has 1 aromatic carbocycles. The highest BCUT2D eigenvalue weighted by Gasteiger charge is 1.98. The van der Waals surface area contributed by atoms with E-state index in [9.17, 15) is 4.79 Å². The lowest BCUT2D eigenvalue weighted by atomic mass is 10.1. The lowest BCUT2D eigenvalue weighted by Gasteiger charge is -2.03. The highest BCUT2D eigenvalue weighted by atomic mass is 16.1. The summed E-state index contributed by atoms with van der Waals surface area (Å²) in [4.78, 5) is 13.5. The Morgan fingerprint density at radius 3 is 2.50 bits per heavy atom. The van der Waals surface area contributed by atoms with E-state index in [0.29, 0.717) is 0 Å². The maximum atomic E-state index is 11.5. The molecule has 0 atom stereocenters. The zero-order valence-corrected chi connectivity index (χ0v) is 8.60. The molecule has 0 heterocycles. The number of carbonyl (C=O) groups excluding carboxylic acids is 1. The Kier molecular flexibility index (Phi) is 4.08. The molecule has 0 amide bonds. The summed E-state index contributed by atoms with van der Waals surface area (Å²) < 4.78 is 0. The average Bonchev–Trinajstić information content (AvgIpc) is 2.18. The largest absolute Gasteiger partial charge is 0.306 e. The molecule has 0 unspecified atom stereocenters. The van der Waals surface area contributed by atoms with Gasteiger partial charge in [-0.1, -0.05) is 36.4 Å². The molecular weight excluding hydrogens is 174 g/mol. The average molecular weight is 189 g/mol. The summed E-state index contributed by atoms with van der Waals surface area (Å²) in [6.45, 7) is 0.790. The topological polar surface area (TPSA) is 20.3 Å². The number of nitrogens with zero attached hydrogens (tertiary/aromatic N) is 1. The second-order valence-electron chi connectivity index (χ2n) is 3.39. The van der Waals surface area contributed by atoms with Crippen molar-refractivity contribution in [3.8, 4) is 0 Å². The highest BCUT2D eigenvalue weighted by Crippen LogP contribution is 2.00. The molecule has 1 rings (SSSR count). The van der Waals surface area contributed by atoms with Crippen molar-refractivity contribution in [1.82, 2.24) is 4.90 Å². The molecule has 0 bridgehead atoms. The molecule has 0 radical (unpaired) electrons. The van der Waals surface area contributed by atoms with E-state index in [1.165, 1.54) is 0 Å². The molecule has 2 nitrogen and oxygen atoms in total. The van der Waals surface area contributed by atoms with E-state index in [1.54, 1.807) is 6.08 Å². The first-order valence-electron chi connectivity index (χ1n) is 4.61. The van der Waals surface area contributed by atoms with Crippen LogP contribution in [0.5, 0.6) is 0 Å². The van der Waals surface area contributed by atoms with Gasteiger partial charge in [-0.2, -0.15) is 0 Å². The lowest BCUT2D eigenvalue weighted by molar-refractivity contribution is 0.104. The van der Waals surface area contributed by atoms with Crippen LogP contribution in [0.3, 0.4) is 0 Å². The number of likely N-dealkylation sites (N-methyl/N-ethyl adjacent to an activating group) is 1. The van der Waals surface area contributed by atoms with Crippen molar-refractivity contribution >= 4 is 5.78 Å². The van der Waals surface area contributed by atoms with E-state index in [0.717, 1.165) is 12.1 Å². The van der Waals surface area contributed by atoms with Gasteiger partial charge in [0.2, 0.25) is 0 Å². The van der Waals surface area contributed by atoms with Gasteiger partial charge in [-0.25, -0.2) is 0 Å². The lowest BCUT2D eigenvalue weighted by Crippen LogP contribution is -2.10. The van der Waals surface area contributed by atoms with Gasteiger partial charge in [0.1, 0.15) is 0 Å². The Morgan fingerprint density at radius 2 is 1.93 bits per heavy atom. The van der Waals surface area contributed by atoms with Crippen LogP contribution in [-0.4, -0.2) is 31.3 Å². The molecular formula is C12H15NO. The Morgan fingerprint density at radius 1 is 1.29 bits per heavy atom. The second kappa shape index (κ2) is 5.35. The Labute approximate surface area is 84.9 Å². The van der Waals surface area contributed by atoms with Crippen molar-refractivity contribution in [3.63, 3.8) is 0 Å². The fourth-order valence-corrected chi connectivity index (χ4v) is 1.07. The third-order valence-electron chi connectivity index (χ3n) is 1.80. The van der Waals surface area contributed by atoms with E-state index in [4.69, 9.17) is 0 Å². The van der Waals surface area contributed by atoms with Gasteiger partial charge in [0.25, 0.3) is 0 Å². The quantitative estimate of drug-likeness (QED) is 0.533. The zero-order valence-electron chi connectivity index (χ0n) is 8.60. The monoisotopic (exact) mass is 189 g/mol. The van der Waals surface area contributed by atoms with Crippen LogP contribution in [-0.2, 0) is 0 Å². The predicted molar refractivity (Wildman–Crippen MR) is 58.5 cm³/mol. The number of benzene rings is 1. The van der Waals surface area contributed by atoms with E-state index in [-0.39, 0.29) is 5.78 Å². The fraction of sp³-hybridized carbons (Fsp3) is 0.250. The third kappa shape index (κ3) is 3.54. The van der Waals surface area contributed by atoms with E-state index >= 15 is 0 Å². The first kappa shape index (κ1) is 10.7. The molecule has 0 saturated carbocycles. The third-order valence-corrected chi connectivity index (χ3v) is 1.80. The van der Waals surface area contributed by atoms with Crippen molar-refractivity contribution < 1.29 is 4.79 Å². The molecule has 0 fully saturated rings. The number of carbonyl (C=O) groups is 1. The molecule has 14 heavy (non-hydrogen) atoms. The van der Waals surface area contributed by atoms with Crippen LogP contribution in [0.15, 0.2) is 42.5 Å². The molecule has 0 spiro atoms. The van der Waals surface area contributed by atoms with Crippen molar-refractivity contribution in [2.24, 2.45) is 0 Å². The smallest absolute Gasteiger partial charge is 0.185 e. The fourth-order valence-electron chi connectivity index (χ4n) is 1.07. The maximum absolute atomic E-state index is 11.5. The number of allylic oxidation sites excluding steroid dienone is 1. The number of hydrogen-bond donors (Lipinski definition) is 0. The van der Waals surface area contributed by atoms with Crippen LogP contribution in [0.4, 0.5) is 0 Å². The van der Waals surface area contributed by atoms with Gasteiger partial charge in [-0.15, -0.1) is 0 Å². The minimum atomic E-state index is 0.0625. The Balaban J connectivity index is 2.55. The van der Waals surface area contributed by atoms with Gasteiger partial charge in [0.15, 0.2) is 5.78 Å². The summed E-state index contributed by atoms with van der Waals surface area (Å²) in [5, 5.41) is 0. The Hall–Kier alpha value is -1.41. The van der Waals surface area contributed by atoms with Crippen LogP contribution in [0.1, 0.15) is 10.4 Å². The van der Waals surface area contributed by atoms with Gasteiger partial charge in [0.05, 0.1) is 0 Å². The molecule has 74 valence electrons. The van der Waals surface area contributed by atoms with Crippen LogP contribution in [0.25, 0.3) is 0 Å². The Bertz CT molecular complexity index is 314. The molecule has 0 aliphatic heterocycles. The first-order valence-corrected chi connectivity index (χ1v) is 4.61. The summed E-state index contributed by atoms with van der Waals surface area (Å²) in [5.41, 5.74) is 0.738. The molecule has 2 heteroatoms. The summed E-state index contributed by atoms with van der Waals surface area (Å²) in [6.07, 6.45) is 3.49. The van der Waals surface area contributed by atoms with E-state index in [2.05, 4.69) is 0 Å². The normalized spacial score (nSPS) is 11.1. The van der Waals surface area contributed by atoms with Gasteiger partial charge in [0, 0.05) is 12.1 Å². The van der Waals surface area contributed by atoms with Crippen LogP contribution in [0, 0.1) is 0 Å². The minimum Gasteiger partial charge on any atom is -0.306 e. The predicted octanol–water partition coefficient (Wildman–Crippen LogP) is 1.99. The van der Waals surface area contributed by atoms with Crippen LogP contribution < -0.4 is 0 Å². The number of rotatable bonds is 4. The summed E-state index contributed by atoms with van der Waals surface area (Å²) >= 11 is 0. The highest BCUT2D eigenvalue weighted by molar-refractivity contribution is 6.04. The van der Waals surface area contributed by atoms with E-state index in [1.807, 2.05) is 55.4 Å². The van der Waals surface area contributed by atoms with Gasteiger partial charge in [-0.3, -0.25) is 4.79 Å².